The van der Waals surface area contributed by atoms with Crippen molar-refractivity contribution in [2.75, 3.05) is 13.7 Å². The molecular weight excluding hydrogens is 266 g/mol. The summed E-state index contributed by atoms with van der Waals surface area (Å²) in [6.45, 7) is 2.77. The summed E-state index contributed by atoms with van der Waals surface area (Å²) in [4.78, 5) is 25.9. The van der Waals surface area contributed by atoms with Gasteiger partial charge in [0, 0.05) is 12.6 Å². The van der Waals surface area contributed by atoms with Crippen LogP contribution in [0.15, 0.2) is 24.3 Å². The van der Waals surface area contributed by atoms with Gasteiger partial charge in [-0.05, 0) is 31.7 Å². The number of esters is 1. The zero-order valence-corrected chi connectivity index (χ0v) is 12.8. The summed E-state index contributed by atoms with van der Waals surface area (Å²) in [6, 6.07) is 8.00. The Morgan fingerprint density at radius 2 is 2.14 bits per heavy atom. The van der Waals surface area contributed by atoms with E-state index in [0.29, 0.717) is 12.8 Å². The van der Waals surface area contributed by atoms with Gasteiger partial charge in [-0.25, -0.2) is 0 Å². The monoisotopic (exact) mass is 289 g/mol. The predicted molar refractivity (Wildman–Crippen MR) is 80.9 cm³/mol. The number of hydrogen-bond donors (Lipinski definition) is 0. The number of ether oxygens (including phenoxy) is 1. The number of benzene rings is 1. The quantitative estimate of drug-likeness (QED) is 0.800. The van der Waals surface area contributed by atoms with Crippen LogP contribution in [0.25, 0.3) is 0 Å². The number of carbonyl (C=O) groups excluding carboxylic acids is 2. The highest BCUT2D eigenvalue weighted by molar-refractivity contribution is 5.80. The van der Waals surface area contributed by atoms with Crippen molar-refractivity contribution >= 4 is 11.9 Å². The van der Waals surface area contributed by atoms with Gasteiger partial charge in [-0.1, -0.05) is 29.8 Å². The Balaban J connectivity index is 2.02. The third-order valence-corrected chi connectivity index (χ3v) is 4.02. The lowest BCUT2D eigenvalue weighted by molar-refractivity contribution is -0.144. The van der Waals surface area contributed by atoms with E-state index in [2.05, 4.69) is 0 Å². The van der Waals surface area contributed by atoms with Gasteiger partial charge in [-0.3, -0.25) is 9.59 Å². The van der Waals surface area contributed by atoms with Crippen molar-refractivity contribution in [1.82, 2.24) is 4.90 Å². The van der Waals surface area contributed by atoms with Gasteiger partial charge in [0.05, 0.1) is 20.0 Å². The maximum atomic E-state index is 12.5. The molecule has 1 aromatic carbocycles. The molecule has 1 unspecified atom stereocenters. The minimum Gasteiger partial charge on any atom is -0.469 e. The van der Waals surface area contributed by atoms with Gasteiger partial charge < -0.3 is 9.64 Å². The van der Waals surface area contributed by atoms with E-state index in [9.17, 15) is 9.59 Å². The second kappa shape index (κ2) is 7.25. The summed E-state index contributed by atoms with van der Waals surface area (Å²) in [5.41, 5.74) is 2.19. The molecule has 0 saturated carbocycles. The van der Waals surface area contributed by atoms with Crippen LogP contribution in [0.5, 0.6) is 0 Å². The maximum Gasteiger partial charge on any atom is 0.307 e. The van der Waals surface area contributed by atoms with Gasteiger partial charge in [0.1, 0.15) is 0 Å². The summed E-state index contributed by atoms with van der Waals surface area (Å²) in [5, 5.41) is 0. The van der Waals surface area contributed by atoms with E-state index >= 15 is 0 Å². The second-order valence-electron chi connectivity index (χ2n) is 5.68. The molecule has 1 heterocycles. The van der Waals surface area contributed by atoms with Crippen molar-refractivity contribution in [1.29, 1.82) is 0 Å². The molecule has 1 atom stereocenters. The fraction of sp³-hybridized carbons (Fsp3) is 0.529. The van der Waals surface area contributed by atoms with Gasteiger partial charge in [0.2, 0.25) is 5.91 Å². The molecule has 1 aliphatic heterocycles. The zero-order valence-electron chi connectivity index (χ0n) is 12.8. The molecule has 0 radical (unpaired) electrons. The summed E-state index contributed by atoms with van der Waals surface area (Å²) >= 11 is 0. The first kappa shape index (κ1) is 15.5. The minimum atomic E-state index is -0.241. The Hall–Kier alpha value is -1.84. The van der Waals surface area contributed by atoms with Gasteiger partial charge in [-0.2, -0.15) is 0 Å². The average molecular weight is 289 g/mol. The van der Waals surface area contributed by atoms with Gasteiger partial charge in [0.15, 0.2) is 0 Å². The number of piperidine rings is 1. The summed E-state index contributed by atoms with van der Waals surface area (Å²) in [6.07, 6.45) is 3.66. The van der Waals surface area contributed by atoms with Gasteiger partial charge >= 0.3 is 5.97 Å². The molecule has 1 amide bonds. The van der Waals surface area contributed by atoms with E-state index in [0.717, 1.165) is 36.9 Å². The first-order valence-electron chi connectivity index (χ1n) is 7.52. The first-order chi connectivity index (χ1) is 10.1. The Bertz CT molecular complexity index is 513. The smallest absolute Gasteiger partial charge is 0.307 e. The van der Waals surface area contributed by atoms with E-state index in [4.69, 9.17) is 4.74 Å². The fourth-order valence-electron chi connectivity index (χ4n) is 2.92. The largest absolute Gasteiger partial charge is 0.469 e. The van der Waals surface area contributed by atoms with Crippen LogP contribution in [0, 0.1) is 6.92 Å². The Morgan fingerprint density at radius 3 is 2.86 bits per heavy atom. The van der Waals surface area contributed by atoms with Crippen molar-refractivity contribution in [3.8, 4) is 0 Å². The fourth-order valence-corrected chi connectivity index (χ4v) is 2.92. The van der Waals surface area contributed by atoms with Crippen LogP contribution in [-0.2, 0) is 20.7 Å². The van der Waals surface area contributed by atoms with Crippen molar-refractivity contribution < 1.29 is 14.3 Å². The number of nitrogens with zero attached hydrogens (tertiary/aromatic N) is 1. The number of aryl methyl sites for hydroxylation is 1. The third-order valence-electron chi connectivity index (χ3n) is 4.02. The van der Waals surface area contributed by atoms with Gasteiger partial charge in [-0.15, -0.1) is 0 Å². The van der Waals surface area contributed by atoms with Gasteiger partial charge in [0.25, 0.3) is 0 Å². The topological polar surface area (TPSA) is 46.6 Å². The number of likely N-dealkylation sites (tertiary alicyclic amines) is 1. The molecule has 1 aromatic rings. The Kier molecular flexibility index (Phi) is 5.37. The van der Waals surface area contributed by atoms with Crippen molar-refractivity contribution in [2.45, 2.75) is 45.1 Å². The Morgan fingerprint density at radius 1 is 1.33 bits per heavy atom. The van der Waals surface area contributed by atoms with Crippen LogP contribution in [0.1, 0.15) is 36.8 Å². The molecule has 1 aliphatic rings. The van der Waals surface area contributed by atoms with Crippen molar-refractivity contribution in [3.63, 3.8) is 0 Å². The average Bonchev–Trinajstić information content (AvgIpc) is 2.47. The standard InChI is InChI=1S/C17H23NO3/c1-13-6-5-7-14(10-13)11-16(19)18-9-4-3-8-15(18)12-17(20)21-2/h5-7,10,15H,3-4,8-9,11-12H2,1-2H3. The summed E-state index contributed by atoms with van der Waals surface area (Å²) in [7, 11) is 1.39. The van der Waals surface area contributed by atoms with Crippen molar-refractivity contribution in [2.24, 2.45) is 0 Å². The molecule has 0 spiro atoms. The maximum absolute atomic E-state index is 12.5. The molecule has 0 N–H and O–H groups in total. The number of rotatable bonds is 4. The predicted octanol–water partition coefficient (Wildman–Crippen LogP) is 2.48. The first-order valence-corrected chi connectivity index (χ1v) is 7.52. The second-order valence-corrected chi connectivity index (χ2v) is 5.68. The summed E-state index contributed by atoms with van der Waals surface area (Å²) in [5.74, 6) is -0.135. The highest BCUT2D eigenvalue weighted by Gasteiger charge is 2.28. The molecule has 21 heavy (non-hydrogen) atoms. The molecule has 0 aromatic heterocycles. The third kappa shape index (κ3) is 4.31. The number of hydrogen-bond acceptors (Lipinski definition) is 3. The lowest BCUT2D eigenvalue weighted by Gasteiger charge is -2.35. The number of amides is 1. The lowest BCUT2D eigenvalue weighted by atomic mass is 9.98. The van der Waals surface area contributed by atoms with E-state index in [-0.39, 0.29) is 17.9 Å². The molecule has 1 fully saturated rings. The lowest BCUT2D eigenvalue weighted by Crippen LogP contribution is -2.45. The SMILES string of the molecule is COC(=O)CC1CCCCN1C(=O)Cc1cccc(C)c1. The highest BCUT2D eigenvalue weighted by atomic mass is 16.5. The van der Waals surface area contributed by atoms with Crippen molar-refractivity contribution in [3.05, 3.63) is 35.4 Å². The van der Waals surface area contributed by atoms with Crippen LogP contribution in [0.2, 0.25) is 0 Å². The van der Waals surface area contributed by atoms with E-state index < -0.39 is 0 Å². The molecule has 2 rings (SSSR count). The molecular formula is C17H23NO3. The van der Waals surface area contributed by atoms with Crippen LogP contribution in [0.3, 0.4) is 0 Å². The molecule has 1 saturated heterocycles. The normalized spacial score (nSPS) is 18.4. The molecule has 4 heteroatoms. The highest BCUT2D eigenvalue weighted by Crippen LogP contribution is 2.21. The number of methoxy groups -OCH3 is 1. The van der Waals surface area contributed by atoms with E-state index in [1.165, 1.54) is 7.11 Å². The molecule has 0 bridgehead atoms. The van der Waals surface area contributed by atoms with Crippen LogP contribution in [-0.4, -0.2) is 36.5 Å². The molecule has 114 valence electrons. The zero-order chi connectivity index (χ0) is 15.2. The Labute approximate surface area is 126 Å². The number of carbonyl (C=O) groups is 2. The van der Waals surface area contributed by atoms with Crippen LogP contribution in [0.4, 0.5) is 0 Å². The molecule has 0 aliphatic carbocycles. The summed E-state index contributed by atoms with van der Waals surface area (Å²) < 4.78 is 4.74. The minimum absolute atomic E-state index is 0.0106. The van der Waals surface area contributed by atoms with E-state index in [1.807, 2.05) is 36.1 Å². The van der Waals surface area contributed by atoms with Crippen LogP contribution < -0.4 is 0 Å². The van der Waals surface area contributed by atoms with Crippen LogP contribution >= 0.6 is 0 Å². The molecule has 4 nitrogen and oxygen atoms in total. The van der Waals surface area contributed by atoms with E-state index in [1.54, 1.807) is 0 Å².